The number of carbonyl (C=O) groups is 1. The number of rotatable bonds is 3. The van der Waals surface area contributed by atoms with Crippen LogP contribution in [-0.2, 0) is 4.79 Å². The number of aliphatic hydroxyl groups excluding tert-OH is 1. The molecule has 0 aromatic rings. The lowest BCUT2D eigenvalue weighted by Crippen LogP contribution is -2.54. The van der Waals surface area contributed by atoms with E-state index in [1.54, 1.807) is 11.0 Å². The molecule has 2 aliphatic rings. The molecule has 3 unspecified atom stereocenters. The number of nitrogens with zero attached hydrogens (tertiary/aromatic N) is 2. The largest absolute Gasteiger partial charge is 0.365 e. The summed E-state index contributed by atoms with van der Waals surface area (Å²) in [5.74, 6) is 0.964. The average molecular weight is 321 g/mol. The lowest BCUT2D eigenvalue weighted by atomic mass is 9.63. The molecule has 0 radical (unpaired) electrons. The van der Waals surface area contributed by atoms with Gasteiger partial charge in [-0.15, -0.1) is 0 Å². The first kappa shape index (κ1) is 18.2. The average Bonchev–Trinajstić information content (AvgIpc) is 2.51. The molecule has 5 nitrogen and oxygen atoms in total. The van der Waals surface area contributed by atoms with Gasteiger partial charge in [-0.05, 0) is 30.8 Å². The molecule has 1 fully saturated rings. The zero-order chi connectivity index (χ0) is 17.2. The Morgan fingerprint density at radius 3 is 2.57 bits per heavy atom. The number of piperazine rings is 1. The molecule has 5 heteroatoms. The van der Waals surface area contributed by atoms with Crippen LogP contribution in [0.15, 0.2) is 23.8 Å². The van der Waals surface area contributed by atoms with Crippen molar-refractivity contribution in [1.29, 1.82) is 0 Å². The molecule has 1 saturated heterocycles. The van der Waals surface area contributed by atoms with E-state index >= 15 is 0 Å². The van der Waals surface area contributed by atoms with Crippen molar-refractivity contribution >= 4 is 5.91 Å². The Hall–Kier alpha value is -1.17. The Bertz CT molecular complexity index is 488. The second kappa shape index (κ2) is 7.16. The number of allylic oxidation sites excluding steroid dienone is 3. The molecule has 1 heterocycles. The van der Waals surface area contributed by atoms with E-state index in [2.05, 4.69) is 39.8 Å². The Morgan fingerprint density at radius 2 is 2.00 bits per heavy atom. The Kier molecular flexibility index (Phi) is 5.65. The second-order valence-corrected chi connectivity index (χ2v) is 7.52. The molecule has 0 aromatic carbocycles. The van der Waals surface area contributed by atoms with Gasteiger partial charge in [-0.2, -0.15) is 0 Å². The number of hydrogen-bond acceptors (Lipinski definition) is 4. The topological polar surface area (TPSA) is 69.8 Å². The molecule has 0 aromatic heterocycles. The van der Waals surface area contributed by atoms with Gasteiger partial charge in [0.25, 0.3) is 0 Å². The van der Waals surface area contributed by atoms with Crippen molar-refractivity contribution in [3.8, 4) is 0 Å². The highest BCUT2D eigenvalue weighted by molar-refractivity contribution is 5.87. The third kappa shape index (κ3) is 4.03. The molecule has 0 saturated carbocycles. The molecule has 130 valence electrons. The number of nitrogens with two attached hydrogens (primary N) is 1. The first-order valence-electron chi connectivity index (χ1n) is 8.55. The van der Waals surface area contributed by atoms with Crippen LogP contribution in [0, 0.1) is 17.3 Å². The van der Waals surface area contributed by atoms with Crippen LogP contribution in [0.5, 0.6) is 0 Å². The first-order valence-corrected chi connectivity index (χ1v) is 8.55. The summed E-state index contributed by atoms with van der Waals surface area (Å²) in [5, 5.41) is 9.37. The molecular weight excluding hydrogens is 290 g/mol. The molecular formula is C18H31N3O2. The maximum Gasteiger partial charge on any atom is 0.246 e. The van der Waals surface area contributed by atoms with Crippen LogP contribution in [0.3, 0.4) is 0 Å². The summed E-state index contributed by atoms with van der Waals surface area (Å²) in [6.45, 7) is 11.5. The molecule has 0 bridgehead atoms. The Labute approximate surface area is 139 Å². The predicted octanol–water partition coefficient (Wildman–Crippen LogP) is 1.55. The minimum Gasteiger partial charge on any atom is -0.365 e. The molecule has 3 atom stereocenters. The third-order valence-electron chi connectivity index (χ3n) is 5.79. The van der Waals surface area contributed by atoms with E-state index in [0.717, 1.165) is 6.42 Å². The monoisotopic (exact) mass is 321 g/mol. The molecule has 1 aliphatic heterocycles. The van der Waals surface area contributed by atoms with E-state index in [9.17, 15) is 9.90 Å². The standard InChI is InChI=1S/C18H31N3O2/c1-13-5-6-14(2)18(3,4)15(13)7-8-16(22)20-9-11-21(12-10-20)17(19)23/h5,7-8,14-15,17,23H,6,9-12,19H2,1-4H3/b8-7+. The highest BCUT2D eigenvalue weighted by Gasteiger charge is 2.36. The fraction of sp³-hybridized carbons (Fsp3) is 0.722. The lowest BCUT2D eigenvalue weighted by molar-refractivity contribution is -0.129. The summed E-state index contributed by atoms with van der Waals surface area (Å²) in [6, 6.07) is 0. The van der Waals surface area contributed by atoms with Gasteiger partial charge in [0, 0.05) is 32.1 Å². The van der Waals surface area contributed by atoms with Crippen LogP contribution < -0.4 is 5.73 Å². The van der Waals surface area contributed by atoms with Crippen molar-refractivity contribution in [3.05, 3.63) is 23.8 Å². The van der Waals surface area contributed by atoms with Crippen LogP contribution in [0.4, 0.5) is 0 Å². The zero-order valence-electron chi connectivity index (χ0n) is 14.8. The summed E-state index contributed by atoms with van der Waals surface area (Å²) >= 11 is 0. The van der Waals surface area contributed by atoms with Crippen LogP contribution in [0.25, 0.3) is 0 Å². The van der Waals surface area contributed by atoms with Gasteiger partial charge >= 0.3 is 0 Å². The van der Waals surface area contributed by atoms with E-state index in [4.69, 9.17) is 5.73 Å². The lowest BCUT2D eigenvalue weighted by Gasteiger charge is -2.42. The van der Waals surface area contributed by atoms with Crippen molar-refractivity contribution in [2.24, 2.45) is 23.0 Å². The van der Waals surface area contributed by atoms with Gasteiger partial charge in [-0.25, -0.2) is 0 Å². The summed E-state index contributed by atoms with van der Waals surface area (Å²) < 4.78 is 0. The molecule has 3 N–H and O–H groups in total. The van der Waals surface area contributed by atoms with E-state index in [1.807, 2.05) is 4.90 Å². The number of hydrogen-bond donors (Lipinski definition) is 2. The highest BCUT2D eigenvalue weighted by atomic mass is 16.3. The molecule has 2 rings (SSSR count). The Balaban J connectivity index is 1.98. The van der Waals surface area contributed by atoms with Crippen molar-refractivity contribution in [3.63, 3.8) is 0 Å². The van der Waals surface area contributed by atoms with Crippen LogP contribution in [0.1, 0.15) is 34.1 Å². The molecule has 1 amide bonds. The summed E-state index contributed by atoms with van der Waals surface area (Å²) in [4.78, 5) is 16.0. The zero-order valence-corrected chi connectivity index (χ0v) is 14.8. The van der Waals surface area contributed by atoms with Gasteiger partial charge in [0.05, 0.1) is 0 Å². The third-order valence-corrected chi connectivity index (χ3v) is 5.79. The number of aliphatic hydroxyl groups is 1. The van der Waals surface area contributed by atoms with E-state index in [1.165, 1.54) is 5.57 Å². The van der Waals surface area contributed by atoms with Gasteiger partial charge in [0.15, 0.2) is 6.35 Å². The van der Waals surface area contributed by atoms with Gasteiger partial charge in [0.1, 0.15) is 0 Å². The minimum atomic E-state index is -0.930. The predicted molar refractivity (Wildman–Crippen MR) is 92.3 cm³/mol. The fourth-order valence-corrected chi connectivity index (χ4v) is 3.58. The summed E-state index contributed by atoms with van der Waals surface area (Å²) in [7, 11) is 0. The SMILES string of the molecule is CC1=CCC(C)C(C)(C)C1/C=C/C(=O)N1CCN(C(N)O)CC1. The normalized spacial score (nSPS) is 30.3. The van der Waals surface area contributed by atoms with Crippen LogP contribution in [-0.4, -0.2) is 53.3 Å². The van der Waals surface area contributed by atoms with Gasteiger partial charge in [-0.3, -0.25) is 15.4 Å². The fourth-order valence-electron chi connectivity index (χ4n) is 3.58. The van der Waals surface area contributed by atoms with Crippen molar-refractivity contribution in [1.82, 2.24) is 9.80 Å². The van der Waals surface area contributed by atoms with Gasteiger partial charge in [0.2, 0.25) is 5.91 Å². The van der Waals surface area contributed by atoms with Crippen molar-refractivity contribution in [2.75, 3.05) is 26.2 Å². The maximum atomic E-state index is 12.4. The van der Waals surface area contributed by atoms with Gasteiger partial charge in [-0.1, -0.05) is 38.5 Å². The van der Waals surface area contributed by atoms with E-state index < -0.39 is 6.35 Å². The van der Waals surface area contributed by atoms with Crippen LogP contribution in [0.2, 0.25) is 0 Å². The molecule has 1 aliphatic carbocycles. The van der Waals surface area contributed by atoms with Gasteiger partial charge < -0.3 is 10.0 Å². The minimum absolute atomic E-state index is 0.0537. The smallest absolute Gasteiger partial charge is 0.246 e. The molecule has 0 spiro atoms. The van der Waals surface area contributed by atoms with Crippen molar-refractivity contribution < 1.29 is 9.90 Å². The van der Waals surface area contributed by atoms with E-state index in [-0.39, 0.29) is 11.3 Å². The quantitative estimate of drug-likeness (QED) is 0.470. The highest BCUT2D eigenvalue weighted by Crippen LogP contribution is 2.45. The van der Waals surface area contributed by atoms with Crippen molar-refractivity contribution in [2.45, 2.75) is 40.5 Å². The number of carbonyl (C=O) groups excluding carboxylic acids is 1. The maximum absolute atomic E-state index is 12.4. The number of amides is 1. The Morgan fingerprint density at radius 1 is 1.39 bits per heavy atom. The summed E-state index contributed by atoms with van der Waals surface area (Å²) in [5.41, 5.74) is 6.98. The molecule has 23 heavy (non-hydrogen) atoms. The summed E-state index contributed by atoms with van der Waals surface area (Å²) in [6.07, 6.45) is 6.29. The first-order chi connectivity index (χ1) is 10.7. The second-order valence-electron chi connectivity index (χ2n) is 7.52. The van der Waals surface area contributed by atoms with Crippen LogP contribution >= 0.6 is 0 Å². The van der Waals surface area contributed by atoms with E-state index in [0.29, 0.717) is 38.0 Å².